The van der Waals surface area contributed by atoms with Gasteiger partial charge in [0.25, 0.3) is 0 Å². The van der Waals surface area contributed by atoms with Gasteiger partial charge in [-0.15, -0.1) is 0 Å². The summed E-state index contributed by atoms with van der Waals surface area (Å²) >= 11 is 0. The van der Waals surface area contributed by atoms with Crippen LogP contribution < -0.4 is 9.46 Å². The zero-order chi connectivity index (χ0) is 18.7. The highest BCUT2D eigenvalue weighted by Crippen LogP contribution is 2.34. The molecule has 1 atom stereocenters. The lowest BCUT2D eigenvalue weighted by Crippen LogP contribution is -2.32. The number of ether oxygens (including phenoxy) is 1. The molecular formula is C18H16N2O5S. The Labute approximate surface area is 150 Å². The van der Waals surface area contributed by atoms with E-state index in [-0.39, 0.29) is 11.3 Å². The first-order chi connectivity index (χ1) is 12.4. The Hall–Kier alpha value is -2.89. The van der Waals surface area contributed by atoms with Crippen molar-refractivity contribution in [3.8, 4) is 11.8 Å². The highest BCUT2D eigenvalue weighted by Gasteiger charge is 2.27. The molecule has 134 valence electrons. The van der Waals surface area contributed by atoms with Gasteiger partial charge in [-0.05, 0) is 35.9 Å². The summed E-state index contributed by atoms with van der Waals surface area (Å²) in [7, 11) is -3.77. The Bertz CT molecular complexity index is 978. The van der Waals surface area contributed by atoms with E-state index in [0.717, 1.165) is 0 Å². The molecule has 3 rings (SSSR count). The SMILES string of the molecule is N#Cc1ccc(S(=O)(=O)NC2CCOc3cc(CC(=O)O)ccc32)cc1. The second-order valence-electron chi connectivity index (χ2n) is 5.89. The molecular weight excluding hydrogens is 356 g/mol. The smallest absolute Gasteiger partial charge is 0.307 e. The third-order valence-corrected chi connectivity index (χ3v) is 5.55. The monoisotopic (exact) mass is 372 g/mol. The topological polar surface area (TPSA) is 116 Å². The van der Waals surface area contributed by atoms with E-state index in [4.69, 9.17) is 15.1 Å². The Morgan fingerprint density at radius 1 is 1.27 bits per heavy atom. The standard InChI is InChI=1S/C18H16N2O5S/c19-11-12-1-4-14(5-2-12)26(23,24)20-16-7-8-25-17-9-13(10-18(21)22)3-6-15(16)17/h1-6,9,16,20H,7-8,10H2,(H,21,22). The minimum atomic E-state index is -3.77. The van der Waals surface area contributed by atoms with Crippen molar-refractivity contribution < 1.29 is 23.1 Å². The van der Waals surface area contributed by atoms with Crippen molar-refractivity contribution in [3.05, 3.63) is 59.2 Å². The number of fused-ring (bicyclic) bond motifs is 1. The van der Waals surface area contributed by atoms with Crippen molar-refractivity contribution in [2.45, 2.75) is 23.8 Å². The van der Waals surface area contributed by atoms with Gasteiger partial charge < -0.3 is 9.84 Å². The van der Waals surface area contributed by atoms with Crippen LogP contribution in [0.2, 0.25) is 0 Å². The summed E-state index contributed by atoms with van der Waals surface area (Å²) in [5.41, 5.74) is 1.64. The van der Waals surface area contributed by atoms with Crippen molar-refractivity contribution in [2.75, 3.05) is 6.61 Å². The molecule has 0 aromatic heterocycles. The average Bonchev–Trinajstić information content (AvgIpc) is 2.61. The van der Waals surface area contributed by atoms with E-state index in [1.165, 1.54) is 24.3 Å². The molecule has 1 aliphatic rings. The molecule has 0 spiro atoms. The second kappa shape index (κ2) is 7.15. The predicted molar refractivity (Wildman–Crippen MR) is 92.1 cm³/mol. The normalized spacial score (nSPS) is 16.2. The number of carbonyl (C=O) groups is 1. The molecule has 2 aromatic carbocycles. The molecule has 0 saturated carbocycles. The zero-order valence-corrected chi connectivity index (χ0v) is 14.5. The van der Waals surface area contributed by atoms with Crippen LogP contribution >= 0.6 is 0 Å². The molecule has 0 radical (unpaired) electrons. The van der Waals surface area contributed by atoms with Gasteiger partial charge in [0.15, 0.2) is 0 Å². The molecule has 0 amide bonds. The maximum Gasteiger partial charge on any atom is 0.307 e. The van der Waals surface area contributed by atoms with Gasteiger partial charge in [-0.1, -0.05) is 12.1 Å². The minimum Gasteiger partial charge on any atom is -0.493 e. The van der Waals surface area contributed by atoms with Crippen LogP contribution in [0.3, 0.4) is 0 Å². The van der Waals surface area contributed by atoms with Crippen molar-refractivity contribution in [2.24, 2.45) is 0 Å². The summed E-state index contributed by atoms with van der Waals surface area (Å²) in [6.07, 6.45) is 0.332. The number of aliphatic carboxylic acids is 1. The van der Waals surface area contributed by atoms with E-state index >= 15 is 0 Å². The Morgan fingerprint density at radius 3 is 2.65 bits per heavy atom. The maximum absolute atomic E-state index is 12.6. The number of nitriles is 1. The molecule has 0 bridgehead atoms. The molecule has 2 N–H and O–H groups in total. The molecule has 1 heterocycles. The van der Waals surface area contributed by atoms with Gasteiger partial charge in [-0.2, -0.15) is 5.26 Å². The molecule has 0 fully saturated rings. The number of benzene rings is 2. The average molecular weight is 372 g/mol. The maximum atomic E-state index is 12.6. The third-order valence-electron chi connectivity index (χ3n) is 4.06. The van der Waals surface area contributed by atoms with E-state index in [1.54, 1.807) is 18.2 Å². The van der Waals surface area contributed by atoms with Crippen LogP contribution in [0.25, 0.3) is 0 Å². The van der Waals surface area contributed by atoms with Crippen molar-refractivity contribution >= 4 is 16.0 Å². The molecule has 7 nitrogen and oxygen atoms in total. The molecule has 0 saturated heterocycles. The highest BCUT2D eigenvalue weighted by molar-refractivity contribution is 7.89. The van der Waals surface area contributed by atoms with Gasteiger partial charge in [-0.3, -0.25) is 4.79 Å². The summed E-state index contributed by atoms with van der Waals surface area (Å²) in [5.74, 6) is -0.457. The summed E-state index contributed by atoms with van der Waals surface area (Å²) < 4.78 is 33.4. The van der Waals surface area contributed by atoms with Crippen LogP contribution in [-0.2, 0) is 21.2 Å². The number of rotatable bonds is 5. The fourth-order valence-electron chi connectivity index (χ4n) is 2.80. The van der Waals surface area contributed by atoms with Crippen molar-refractivity contribution in [1.82, 2.24) is 4.72 Å². The fourth-order valence-corrected chi connectivity index (χ4v) is 4.05. The van der Waals surface area contributed by atoms with E-state index in [9.17, 15) is 13.2 Å². The zero-order valence-electron chi connectivity index (χ0n) is 13.7. The lowest BCUT2D eigenvalue weighted by Gasteiger charge is -2.27. The van der Waals surface area contributed by atoms with E-state index < -0.39 is 22.0 Å². The predicted octanol–water partition coefficient (Wildman–Crippen LogP) is 1.99. The van der Waals surface area contributed by atoms with Gasteiger partial charge in [-0.25, -0.2) is 13.1 Å². The van der Waals surface area contributed by atoms with Gasteiger partial charge in [0.05, 0.1) is 35.6 Å². The van der Waals surface area contributed by atoms with Gasteiger partial charge in [0.2, 0.25) is 10.0 Å². The molecule has 1 aliphatic heterocycles. The van der Waals surface area contributed by atoms with Gasteiger partial charge in [0, 0.05) is 12.0 Å². The molecule has 2 aromatic rings. The van der Waals surface area contributed by atoms with Crippen LogP contribution in [0.15, 0.2) is 47.4 Å². The van der Waals surface area contributed by atoms with Crippen LogP contribution in [0.5, 0.6) is 5.75 Å². The summed E-state index contributed by atoms with van der Waals surface area (Å²) in [6, 6.07) is 12.1. The number of sulfonamides is 1. The number of hydrogen-bond donors (Lipinski definition) is 2. The van der Waals surface area contributed by atoms with Crippen LogP contribution in [0, 0.1) is 11.3 Å². The number of hydrogen-bond acceptors (Lipinski definition) is 5. The van der Waals surface area contributed by atoms with Crippen molar-refractivity contribution in [3.63, 3.8) is 0 Å². The molecule has 1 unspecified atom stereocenters. The summed E-state index contributed by atoms with van der Waals surface area (Å²) in [4.78, 5) is 10.9. The van der Waals surface area contributed by atoms with Gasteiger partial charge in [0.1, 0.15) is 5.75 Å². The van der Waals surface area contributed by atoms with Crippen LogP contribution in [0.4, 0.5) is 0 Å². The summed E-state index contributed by atoms with van der Waals surface area (Å²) in [5, 5.41) is 17.7. The molecule has 26 heavy (non-hydrogen) atoms. The third kappa shape index (κ3) is 3.85. The first-order valence-corrected chi connectivity index (χ1v) is 9.37. The Kier molecular flexibility index (Phi) is 4.93. The minimum absolute atomic E-state index is 0.0760. The largest absolute Gasteiger partial charge is 0.493 e. The number of nitrogens with zero attached hydrogens (tertiary/aromatic N) is 1. The van der Waals surface area contributed by atoms with E-state index in [2.05, 4.69) is 4.72 Å². The number of carboxylic acid groups (broad SMARTS) is 1. The lowest BCUT2D eigenvalue weighted by molar-refractivity contribution is -0.136. The lowest BCUT2D eigenvalue weighted by atomic mass is 9.99. The fraction of sp³-hybridized carbons (Fsp3) is 0.222. The van der Waals surface area contributed by atoms with E-state index in [0.29, 0.717) is 35.5 Å². The number of nitrogens with one attached hydrogen (secondary N) is 1. The van der Waals surface area contributed by atoms with Crippen LogP contribution in [0.1, 0.15) is 29.2 Å². The van der Waals surface area contributed by atoms with Crippen LogP contribution in [-0.4, -0.2) is 26.1 Å². The highest BCUT2D eigenvalue weighted by atomic mass is 32.2. The molecule has 8 heteroatoms. The van der Waals surface area contributed by atoms with Crippen molar-refractivity contribution in [1.29, 1.82) is 5.26 Å². The quantitative estimate of drug-likeness (QED) is 0.829. The second-order valence-corrected chi connectivity index (χ2v) is 7.60. The Morgan fingerprint density at radius 2 is 2.00 bits per heavy atom. The van der Waals surface area contributed by atoms with Gasteiger partial charge >= 0.3 is 5.97 Å². The van der Waals surface area contributed by atoms with E-state index in [1.807, 2.05) is 6.07 Å². The first kappa shape index (κ1) is 17.9. The number of carboxylic acids is 1. The summed E-state index contributed by atoms with van der Waals surface area (Å²) in [6.45, 7) is 0.323. The Balaban J connectivity index is 1.85. The first-order valence-electron chi connectivity index (χ1n) is 7.89. The molecule has 0 aliphatic carbocycles.